The summed E-state index contributed by atoms with van der Waals surface area (Å²) in [6.07, 6.45) is 2.35. The van der Waals surface area contributed by atoms with E-state index in [4.69, 9.17) is 0 Å². The Labute approximate surface area is 158 Å². The number of nitrogens with one attached hydrogen (secondary N) is 3. The average Bonchev–Trinajstić information content (AvgIpc) is 3.14. The van der Waals surface area contributed by atoms with Gasteiger partial charge in [-0.15, -0.1) is 0 Å². The maximum atomic E-state index is 12.6. The number of carbonyl (C=O) groups excluding carboxylic acids is 2. The van der Waals surface area contributed by atoms with Gasteiger partial charge in [-0.1, -0.05) is 56.3 Å². The van der Waals surface area contributed by atoms with E-state index in [1.165, 1.54) is 0 Å². The van der Waals surface area contributed by atoms with Crippen LogP contribution >= 0.6 is 0 Å². The highest BCUT2D eigenvalue weighted by molar-refractivity contribution is 5.97. The van der Waals surface area contributed by atoms with Gasteiger partial charge in [0.25, 0.3) is 0 Å². The van der Waals surface area contributed by atoms with Crippen LogP contribution in [-0.4, -0.2) is 28.1 Å². The summed E-state index contributed by atoms with van der Waals surface area (Å²) in [5.74, 6) is 0.355. The molecular weight excluding hydrogens is 340 g/mol. The molecule has 0 saturated carbocycles. The lowest BCUT2D eigenvalue weighted by Crippen LogP contribution is -2.45. The number of nitrogens with zero attached hydrogens (tertiary/aromatic N) is 1. The third-order valence-electron chi connectivity index (χ3n) is 4.35. The largest absolute Gasteiger partial charge is 0.344 e. The Bertz CT molecular complexity index is 914. The first-order valence-corrected chi connectivity index (χ1v) is 9.09. The number of fused-ring (bicyclic) bond motifs is 1. The SMILES string of the molecule is CC(C)C[C@@H](NC(=O)Cc1cccc2ccccc12)C(=O)Nc1ccn[nH]1. The summed E-state index contributed by atoms with van der Waals surface area (Å²) in [5, 5.41) is 14.3. The number of aromatic nitrogens is 2. The highest BCUT2D eigenvalue weighted by atomic mass is 16.2. The first kappa shape index (κ1) is 18.6. The summed E-state index contributed by atoms with van der Waals surface area (Å²) >= 11 is 0. The molecule has 0 aliphatic carbocycles. The molecule has 0 fully saturated rings. The van der Waals surface area contributed by atoms with Crippen LogP contribution in [0.2, 0.25) is 0 Å². The Hall–Kier alpha value is -3.15. The molecule has 6 nitrogen and oxygen atoms in total. The Balaban J connectivity index is 1.70. The van der Waals surface area contributed by atoms with Gasteiger partial charge >= 0.3 is 0 Å². The molecule has 6 heteroatoms. The zero-order valence-corrected chi connectivity index (χ0v) is 15.5. The molecule has 0 unspecified atom stereocenters. The zero-order valence-electron chi connectivity index (χ0n) is 15.5. The minimum Gasteiger partial charge on any atom is -0.344 e. The molecule has 2 aromatic carbocycles. The number of benzene rings is 2. The number of carbonyl (C=O) groups is 2. The topological polar surface area (TPSA) is 86.9 Å². The van der Waals surface area contributed by atoms with Crippen LogP contribution in [0.4, 0.5) is 5.82 Å². The number of amides is 2. The van der Waals surface area contributed by atoms with Crippen molar-refractivity contribution in [1.82, 2.24) is 15.5 Å². The van der Waals surface area contributed by atoms with Gasteiger partial charge < -0.3 is 10.6 Å². The van der Waals surface area contributed by atoms with Crippen molar-refractivity contribution in [3.8, 4) is 0 Å². The van der Waals surface area contributed by atoms with Gasteiger partial charge in [0.15, 0.2) is 0 Å². The van der Waals surface area contributed by atoms with Gasteiger partial charge in [-0.2, -0.15) is 5.10 Å². The van der Waals surface area contributed by atoms with E-state index in [9.17, 15) is 9.59 Å². The van der Waals surface area contributed by atoms with E-state index in [-0.39, 0.29) is 24.2 Å². The smallest absolute Gasteiger partial charge is 0.248 e. The predicted octanol–water partition coefficient (Wildman–Crippen LogP) is 3.28. The molecule has 0 bridgehead atoms. The fraction of sp³-hybridized carbons (Fsp3) is 0.286. The molecule has 140 valence electrons. The third-order valence-corrected chi connectivity index (χ3v) is 4.35. The van der Waals surface area contributed by atoms with Gasteiger partial charge in [-0.3, -0.25) is 14.7 Å². The van der Waals surface area contributed by atoms with Crippen LogP contribution < -0.4 is 10.6 Å². The maximum Gasteiger partial charge on any atom is 0.248 e. The molecule has 0 spiro atoms. The van der Waals surface area contributed by atoms with Gasteiger partial charge in [-0.05, 0) is 28.7 Å². The van der Waals surface area contributed by atoms with Gasteiger partial charge in [0.05, 0.1) is 12.6 Å². The highest BCUT2D eigenvalue weighted by Crippen LogP contribution is 2.19. The monoisotopic (exact) mass is 364 g/mol. The quantitative estimate of drug-likeness (QED) is 0.601. The fourth-order valence-electron chi connectivity index (χ4n) is 3.11. The Morgan fingerprint density at radius 3 is 2.59 bits per heavy atom. The fourth-order valence-corrected chi connectivity index (χ4v) is 3.11. The molecule has 0 saturated heterocycles. The second-order valence-corrected chi connectivity index (χ2v) is 7.02. The van der Waals surface area contributed by atoms with E-state index in [1.54, 1.807) is 12.3 Å². The maximum absolute atomic E-state index is 12.6. The molecule has 0 radical (unpaired) electrons. The summed E-state index contributed by atoms with van der Waals surface area (Å²) < 4.78 is 0. The van der Waals surface area contributed by atoms with Crippen LogP contribution in [0, 0.1) is 5.92 Å². The lowest BCUT2D eigenvalue weighted by atomic mass is 10.0. The number of hydrogen-bond acceptors (Lipinski definition) is 3. The Morgan fingerprint density at radius 2 is 1.85 bits per heavy atom. The summed E-state index contributed by atoms with van der Waals surface area (Å²) in [6.45, 7) is 4.04. The number of anilines is 1. The summed E-state index contributed by atoms with van der Waals surface area (Å²) in [7, 11) is 0. The summed E-state index contributed by atoms with van der Waals surface area (Å²) in [6, 6.07) is 15.0. The van der Waals surface area contributed by atoms with Gasteiger partial charge in [-0.25, -0.2) is 0 Å². The molecule has 0 aliphatic heterocycles. The molecule has 1 heterocycles. The molecule has 3 N–H and O–H groups in total. The first-order valence-electron chi connectivity index (χ1n) is 9.09. The molecule has 0 aliphatic rings. The molecule has 1 atom stereocenters. The lowest BCUT2D eigenvalue weighted by molar-refractivity contribution is -0.126. The van der Waals surface area contributed by atoms with Crippen LogP contribution in [0.15, 0.2) is 54.7 Å². The third kappa shape index (κ3) is 4.94. The molecule has 3 rings (SSSR count). The Kier molecular flexibility index (Phi) is 5.86. The van der Waals surface area contributed by atoms with E-state index in [0.717, 1.165) is 16.3 Å². The molecule has 1 aromatic heterocycles. The van der Waals surface area contributed by atoms with Crippen LogP contribution in [0.1, 0.15) is 25.8 Å². The van der Waals surface area contributed by atoms with E-state index in [2.05, 4.69) is 20.8 Å². The number of hydrogen-bond donors (Lipinski definition) is 3. The van der Waals surface area contributed by atoms with Crippen LogP contribution in [0.3, 0.4) is 0 Å². The van der Waals surface area contributed by atoms with Crippen molar-refractivity contribution in [3.05, 3.63) is 60.3 Å². The molecule has 3 aromatic rings. The standard InChI is InChI=1S/C21H24N4O2/c1-14(2)12-18(21(27)24-19-10-11-22-25-19)23-20(26)13-16-8-5-7-15-6-3-4-9-17(15)16/h3-11,14,18H,12-13H2,1-2H3,(H,23,26)(H2,22,24,25,27)/t18-/m1/s1. The van der Waals surface area contributed by atoms with Gasteiger partial charge in [0.2, 0.25) is 11.8 Å². The van der Waals surface area contributed by atoms with E-state index >= 15 is 0 Å². The number of aromatic amines is 1. The van der Waals surface area contributed by atoms with Crippen molar-refractivity contribution < 1.29 is 9.59 Å². The van der Waals surface area contributed by atoms with Gasteiger partial charge in [0, 0.05) is 6.07 Å². The second kappa shape index (κ2) is 8.49. The summed E-state index contributed by atoms with van der Waals surface area (Å²) in [4.78, 5) is 25.2. The summed E-state index contributed by atoms with van der Waals surface area (Å²) in [5.41, 5.74) is 0.947. The van der Waals surface area contributed by atoms with Gasteiger partial charge in [0.1, 0.15) is 11.9 Å². The number of rotatable bonds is 7. The first-order chi connectivity index (χ1) is 13.0. The average molecular weight is 364 g/mol. The van der Waals surface area contributed by atoms with Crippen LogP contribution in [0.25, 0.3) is 10.8 Å². The minimum atomic E-state index is -0.601. The van der Waals surface area contributed by atoms with E-state index in [1.807, 2.05) is 56.3 Å². The van der Waals surface area contributed by atoms with Crippen molar-refractivity contribution in [2.24, 2.45) is 5.92 Å². The van der Waals surface area contributed by atoms with Crippen molar-refractivity contribution >= 4 is 28.4 Å². The highest BCUT2D eigenvalue weighted by Gasteiger charge is 2.22. The predicted molar refractivity (Wildman–Crippen MR) is 106 cm³/mol. The van der Waals surface area contributed by atoms with E-state index < -0.39 is 6.04 Å². The van der Waals surface area contributed by atoms with Crippen LogP contribution in [-0.2, 0) is 16.0 Å². The molecule has 27 heavy (non-hydrogen) atoms. The van der Waals surface area contributed by atoms with Crippen molar-refractivity contribution in [1.29, 1.82) is 0 Å². The second-order valence-electron chi connectivity index (χ2n) is 7.02. The van der Waals surface area contributed by atoms with E-state index in [0.29, 0.717) is 12.2 Å². The molecular formula is C21H24N4O2. The van der Waals surface area contributed by atoms with Crippen molar-refractivity contribution in [2.45, 2.75) is 32.7 Å². The normalized spacial score (nSPS) is 12.1. The minimum absolute atomic E-state index is 0.170. The number of H-pyrrole nitrogens is 1. The van der Waals surface area contributed by atoms with Crippen molar-refractivity contribution in [2.75, 3.05) is 5.32 Å². The van der Waals surface area contributed by atoms with Crippen LogP contribution in [0.5, 0.6) is 0 Å². The van der Waals surface area contributed by atoms with Crippen molar-refractivity contribution in [3.63, 3.8) is 0 Å². The lowest BCUT2D eigenvalue weighted by Gasteiger charge is -2.20. The Morgan fingerprint density at radius 1 is 1.07 bits per heavy atom. The zero-order chi connectivity index (χ0) is 19.2. The molecule has 2 amide bonds.